The number of methoxy groups -OCH3 is 1. The highest BCUT2D eigenvalue weighted by molar-refractivity contribution is 5.79. The van der Waals surface area contributed by atoms with Gasteiger partial charge in [-0.25, -0.2) is 4.99 Å². The van der Waals surface area contributed by atoms with Crippen molar-refractivity contribution in [3.05, 3.63) is 54.1 Å². The van der Waals surface area contributed by atoms with Crippen molar-refractivity contribution in [2.75, 3.05) is 13.7 Å². The second kappa shape index (κ2) is 8.71. The molecule has 0 atom stereocenters. The van der Waals surface area contributed by atoms with Gasteiger partial charge in [-0.2, -0.15) is 0 Å². The number of ether oxygens (including phenoxy) is 1. The van der Waals surface area contributed by atoms with Crippen molar-refractivity contribution in [1.82, 2.24) is 25.4 Å². The smallest absolute Gasteiger partial charge is 0.192 e. The van der Waals surface area contributed by atoms with Crippen molar-refractivity contribution in [3.8, 4) is 5.75 Å². The molecule has 0 saturated heterocycles. The minimum atomic E-state index is 0.540. The maximum absolute atomic E-state index is 5.24. The first-order chi connectivity index (χ1) is 11.6. The summed E-state index contributed by atoms with van der Waals surface area (Å²) in [6.45, 7) is 7.35. The van der Waals surface area contributed by atoms with Gasteiger partial charge < -0.3 is 19.9 Å². The van der Waals surface area contributed by atoms with Crippen LogP contribution in [0.3, 0.4) is 0 Å². The molecule has 2 aromatic rings. The fourth-order valence-electron chi connectivity index (χ4n) is 2.05. The van der Waals surface area contributed by atoms with Gasteiger partial charge in [0, 0.05) is 13.6 Å². The minimum Gasteiger partial charge on any atom is -0.497 e. The normalized spacial score (nSPS) is 11.2. The molecule has 7 heteroatoms. The Hall–Kier alpha value is -2.83. The predicted molar refractivity (Wildman–Crippen MR) is 94.9 cm³/mol. The number of nitrogens with one attached hydrogen (secondary N) is 2. The topological polar surface area (TPSA) is 76.4 Å². The van der Waals surface area contributed by atoms with Crippen LogP contribution in [-0.2, 0) is 20.1 Å². The Balaban J connectivity index is 2.03. The van der Waals surface area contributed by atoms with E-state index in [0.717, 1.165) is 23.0 Å². The number of aliphatic imine (C=N–C) groups is 1. The Kier molecular flexibility index (Phi) is 6.36. The van der Waals surface area contributed by atoms with E-state index in [-0.39, 0.29) is 0 Å². The third-order valence-electron chi connectivity index (χ3n) is 3.56. The lowest BCUT2D eigenvalue weighted by atomic mass is 10.2. The summed E-state index contributed by atoms with van der Waals surface area (Å²) >= 11 is 0. The van der Waals surface area contributed by atoms with Crippen LogP contribution in [0.1, 0.15) is 17.2 Å². The average Bonchev–Trinajstić information content (AvgIpc) is 2.93. The van der Waals surface area contributed by atoms with Gasteiger partial charge in [-0.1, -0.05) is 18.2 Å². The van der Waals surface area contributed by atoms with Gasteiger partial charge in [0.05, 0.1) is 20.2 Å². The van der Waals surface area contributed by atoms with Crippen LogP contribution in [0.2, 0.25) is 0 Å². The van der Waals surface area contributed by atoms with Crippen molar-refractivity contribution in [2.45, 2.75) is 20.0 Å². The largest absolute Gasteiger partial charge is 0.497 e. The van der Waals surface area contributed by atoms with E-state index in [9.17, 15) is 0 Å². The molecule has 2 N–H and O–H groups in total. The van der Waals surface area contributed by atoms with Gasteiger partial charge in [-0.3, -0.25) is 0 Å². The van der Waals surface area contributed by atoms with Gasteiger partial charge in [-0.15, -0.1) is 16.8 Å². The number of rotatable bonds is 7. The molecule has 0 radical (unpaired) electrons. The monoisotopic (exact) mass is 328 g/mol. The highest BCUT2D eigenvalue weighted by Crippen LogP contribution is 2.13. The van der Waals surface area contributed by atoms with E-state index in [1.807, 2.05) is 42.8 Å². The quantitative estimate of drug-likeness (QED) is 0.458. The summed E-state index contributed by atoms with van der Waals surface area (Å²) in [6, 6.07) is 7.86. The van der Waals surface area contributed by atoms with Crippen LogP contribution >= 0.6 is 0 Å². The fourth-order valence-corrected chi connectivity index (χ4v) is 2.05. The third-order valence-corrected chi connectivity index (χ3v) is 3.56. The van der Waals surface area contributed by atoms with Gasteiger partial charge in [-0.05, 0) is 24.6 Å². The number of aromatic nitrogens is 3. The first-order valence-corrected chi connectivity index (χ1v) is 7.75. The zero-order valence-corrected chi connectivity index (χ0v) is 14.4. The molecule has 128 valence electrons. The van der Waals surface area contributed by atoms with Gasteiger partial charge in [0.15, 0.2) is 11.8 Å². The highest BCUT2D eigenvalue weighted by atomic mass is 16.5. The van der Waals surface area contributed by atoms with Crippen LogP contribution < -0.4 is 15.4 Å². The van der Waals surface area contributed by atoms with Crippen LogP contribution in [-0.4, -0.2) is 34.4 Å². The second-order valence-electron chi connectivity index (χ2n) is 5.26. The lowest BCUT2D eigenvalue weighted by Gasteiger charge is -2.11. The molecule has 0 bridgehead atoms. The Morgan fingerprint density at radius 3 is 2.88 bits per heavy atom. The number of benzene rings is 1. The summed E-state index contributed by atoms with van der Waals surface area (Å²) in [5.74, 6) is 3.24. The summed E-state index contributed by atoms with van der Waals surface area (Å²) in [5.41, 5.74) is 1.07. The van der Waals surface area contributed by atoms with Crippen LogP contribution in [0.5, 0.6) is 5.75 Å². The van der Waals surface area contributed by atoms with E-state index in [2.05, 4.69) is 32.4 Å². The van der Waals surface area contributed by atoms with Crippen molar-refractivity contribution < 1.29 is 4.74 Å². The molecule has 0 aliphatic heterocycles. The molecule has 0 aliphatic carbocycles. The third kappa shape index (κ3) is 4.84. The molecular weight excluding hydrogens is 304 g/mol. The zero-order chi connectivity index (χ0) is 17.4. The lowest BCUT2D eigenvalue weighted by molar-refractivity contribution is 0.414. The lowest BCUT2D eigenvalue weighted by Crippen LogP contribution is -2.37. The van der Waals surface area contributed by atoms with E-state index in [1.54, 1.807) is 13.2 Å². The summed E-state index contributed by atoms with van der Waals surface area (Å²) in [7, 11) is 3.60. The molecule has 0 unspecified atom stereocenters. The Bertz CT molecular complexity index is 707. The Morgan fingerprint density at radius 1 is 1.38 bits per heavy atom. The van der Waals surface area contributed by atoms with E-state index < -0.39 is 0 Å². The molecule has 0 amide bonds. The van der Waals surface area contributed by atoms with E-state index >= 15 is 0 Å². The Morgan fingerprint density at radius 2 is 2.21 bits per heavy atom. The number of guanidine groups is 1. The molecule has 1 aromatic carbocycles. The highest BCUT2D eigenvalue weighted by Gasteiger charge is 2.06. The molecule has 7 nitrogen and oxygen atoms in total. The maximum atomic E-state index is 5.24. The average molecular weight is 328 g/mol. The SMILES string of the molecule is C=CCNC(=NCc1cccc(OC)c1)NCc1nnc(C)n1C. The van der Waals surface area contributed by atoms with Gasteiger partial charge in [0.2, 0.25) is 0 Å². The summed E-state index contributed by atoms with van der Waals surface area (Å²) in [4.78, 5) is 4.59. The van der Waals surface area contributed by atoms with Crippen molar-refractivity contribution in [3.63, 3.8) is 0 Å². The van der Waals surface area contributed by atoms with E-state index in [1.165, 1.54) is 0 Å². The number of hydrogen-bond acceptors (Lipinski definition) is 4. The van der Waals surface area contributed by atoms with Crippen molar-refractivity contribution in [2.24, 2.45) is 12.0 Å². The first-order valence-electron chi connectivity index (χ1n) is 7.75. The molecule has 0 aliphatic rings. The van der Waals surface area contributed by atoms with Crippen LogP contribution in [0.25, 0.3) is 0 Å². The first kappa shape index (κ1) is 17.5. The summed E-state index contributed by atoms with van der Waals surface area (Å²) in [5, 5.41) is 14.6. The molecular formula is C17H24N6O. The maximum Gasteiger partial charge on any atom is 0.192 e. The molecule has 0 fully saturated rings. The number of hydrogen-bond donors (Lipinski definition) is 2. The number of nitrogens with zero attached hydrogens (tertiary/aromatic N) is 4. The van der Waals surface area contributed by atoms with Crippen molar-refractivity contribution >= 4 is 5.96 Å². The van der Waals surface area contributed by atoms with E-state index in [0.29, 0.717) is 25.6 Å². The van der Waals surface area contributed by atoms with Gasteiger partial charge >= 0.3 is 0 Å². The fraction of sp³-hybridized carbons (Fsp3) is 0.353. The van der Waals surface area contributed by atoms with Gasteiger partial charge in [0.25, 0.3) is 0 Å². The van der Waals surface area contributed by atoms with Crippen molar-refractivity contribution in [1.29, 1.82) is 0 Å². The molecule has 1 heterocycles. The summed E-state index contributed by atoms with van der Waals surface area (Å²) in [6.07, 6.45) is 1.79. The van der Waals surface area contributed by atoms with Gasteiger partial charge in [0.1, 0.15) is 11.6 Å². The predicted octanol–water partition coefficient (Wildman–Crippen LogP) is 1.55. The molecule has 1 aromatic heterocycles. The molecule has 2 rings (SSSR count). The summed E-state index contributed by atoms with van der Waals surface area (Å²) < 4.78 is 7.18. The Labute approximate surface area is 142 Å². The van der Waals surface area contributed by atoms with Crippen LogP contribution in [0, 0.1) is 6.92 Å². The van der Waals surface area contributed by atoms with E-state index in [4.69, 9.17) is 4.74 Å². The zero-order valence-electron chi connectivity index (χ0n) is 14.4. The van der Waals surface area contributed by atoms with Crippen LogP contribution in [0.4, 0.5) is 0 Å². The molecule has 24 heavy (non-hydrogen) atoms. The number of aryl methyl sites for hydroxylation is 1. The van der Waals surface area contributed by atoms with Crippen LogP contribution in [0.15, 0.2) is 41.9 Å². The standard InChI is InChI=1S/C17H24N6O/c1-5-9-18-17(20-12-16-22-21-13(2)23(16)3)19-11-14-7-6-8-15(10-14)24-4/h5-8,10H,1,9,11-12H2,2-4H3,(H2,18,19,20). The minimum absolute atomic E-state index is 0.540. The molecule has 0 saturated carbocycles. The second-order valence-corrected chi connectivity index (χ2v) is 5.26. The molecule has 0 spiro atoms.